The van der Waals surface area contributed by atoms with Crippen molar-refractivity contribution in [1.82, 2.24) is 0 Å². The van der Waals surface area contributed by atoms with E-state index in [4.69, 9.17) is 5.11 Å². The number of carbonyl (C=O) groups excluding carboxylic acids is 1. The van der Waals surface area contributed by atoms with Crippen molar-refractivity contribution in [3.63, 3.8) is 0 Å². The molecule has 0 saturated carbocycles. The number of hydrogen-bond donors (Lipinski definition) is 1. The van der Waals surface area contributed by atoms with Crippen LogP contribution < -0.4 is 0 Å². The second-order valence-corrected chi connectivity index (χ2v) is 6.10. The lowest BCUT2D eigenvalue weighted by Crippen LogP contribution is -2.41. The van der Waals surface area contributed by atoms with Gasteiger partial charge in [0.1, 0.15) is 5.78 Å². The highest BCUT2D eigenvalue weighted by Gasteiger charge is 2.13. The van der Waals surface area contributed by atoms with Crippen molar-refractivity contribution in [1.29, 1.82) is 0 Å². The maximum absolute atomic E-state index is 10.8. The molecular weight excluding hydrogens is 266 g/mol. The molecule has 0 spiro atoms. The van der Waals surface area contributed by atoms with E-state index in [1.807, 2.05) is 13.8 Å². The van der Waals surface area contributed by atoms with Crippen LogP contribution in [0, 0.1) is 0 Å². The van der Waals surface area contributed by atoms with Gasteiger partial charge < -0.3 is 14.4 Å². The Kier molecular flexibility index (Phi) is 15.0. The van der Waals surface area contributed by atoms with Crippen LogP contribution in [0.15, 0.2) is 0 Å². The van der Waals surface area contributed by atoms with Crippen LogP contribution in [-0.4, -0.2) is 48.5 Å². The molecule has 0 radical (unpaired) electrons. The number of carbonyl (C=O) groups is 2. The topological polar surface area (TPSA) is 54.4 Å². The Balaban J connectivity index is 0. The highest BCUT2D eigenvalue weighted by Crippen LogP contribution is 2.09. The average Bonchev–Trinajstić information content (AvgIpc) is 2.39. The Bertz CT molecular complexity index is 249. The summed E-state index contributed by atoms with van der Waals surface area (Å²) in [4.78, 5) is 21.2. The number of carboxylic acid groups (broad SMARTS) is 1. The highest BCUT2D eigenvalue weighted by atomic mass is 16.4. The molecule has 0 aliphatic rings. The smallest absolute Gasteiger partial charge is 0.303 e. The minimum atomic E-state index is -0.695. The summed E-state index contributed by atoms with van der Waals surface area (Å²) in [6.45, 7) is 7.89. The van der Waals surface area contributed by atoms with Crippen molar-refractivity contribution in [2.75, 3.05) is 27.2 Å². The lowest BCUT2D eigenvalue weighted by Gasteiger charge is -2.30. The van der Waals surface area contributed by atoms with Crippen LogP contribution in [0.1, 0.15) is 72.1 Å². The summed E-state index contributed by atoms with van der Waals surface area (Å²) >= 11 is 0. The molecule has 0 atom stereocenters. The molecule has 0 heterocycles. The lowest BCUT2D eigenvalue weighted by atomic mass is 10.1. The molecule has 21 heavy (non-hydrogen) atoms. The van der Waals surface area contributed by atoms with Gasteiger partial charge in [0.2, 0.25) is 0 Å². The lowest BCUT2D eigenvalue weighted by molar-refractivity contribution is -0.890. The number of quaternary nitrogens is 1. The van der Waals surface area contributed by atoms with Crippen molar-refractivity contribution >= 4 is 11.8 Å². The third kappa shape index (κ3) is 19.1. The zero-order valence-electron chi connectivity index (χ0n) is 14.8. The molecule has 4 nitrogen and oxygen atoms in total. The molecular formula is C17H36NO3+. The predicted octanol–water partition coefficient (Wildman–Crippen LogP) is 3.88. The molecule has 0 saturated heterocycles. The van der Waals surface area contributed by atoms with E-state index in [9.17, 15) is 9.59 Å². The molecule has 0 bridgehead atoms. The van der Waals surface area contributed by atoms with Crippen molar-refractivity contribution < 1.29 is 19.2 Å². The fraction of sp³-hybridized carbons (Fsp3) is 0.882. The Labute approximate surface area is 131 Å². The fourth-order valence-electron chi connectivity index (χ4n) is 2.20. The number of Topliss-reactive ketones (excluding diaryl/α,β-unsaturated/α-hetero) is 1. The molecule has 0 fully saturated rings. The number of nitrogens with zero attached hydrogens (tertiary/aromatic N) is 1. The molecule has 0 aromatic heterocycles. The number of carboxylic acids is 1. The number of rotatable bonds is 12. The van der Waals surface area contributed by atoms with Gasteiger partial charge in [-0.05, 0) is 45.4 Å². The summed E-state index contributed by atoms with van der Waals surface area (Å²) in [5, 5.41) is 8.55. The van der Waals surface area contributed by atoms with Gasteiger partial charge in [0.25, 0.3) is 0 Å². The quantitative estimate of drug-likeness (QED) is 0.439. The van der Waals surface area contributed by atoms with Gasteiger partial charge in [0, 0.05) is 12.8 Å². The van der Waals surface area contributed by atoms with Gasteiger partial charge in [-0.3, -0.25) is 4.79 Å². The second-order valence-electron chi connectivity index (χ2n) is 6.10. The minimum Gasteiger partial charge on any atom is -0.481 e. The zero-order chi connectivity index (χ0) is 16.7. The van der Waals surface area contributed by atoms with Crippen LogP contribution >= 0.6 is 0 Å². The molecule has 0 unspecified atom stereocenters. The van der Waals surface area contributed by atoms with Crippen LogP contribution in [0.4, 0.5) is 0 Å². The molecule has 4 heteroatoms. The van der Waals surface area contributed by atoms with E-state index >= 15 is 0 Å². The van der Waals surface area contributed by atoms with Gasteiger partial charge >= 0.3 is 5.97 Å². The SMILES string of the molecule is CC.CC(=O)CCCCC[N+](C)(C)CCCCCC(=O)O. The molecule has 0 rings (SSSR count). The normalized spacial score (nSPS) is 10.7. The van der Waals surface area contributed by atoms with Crippen LogP contribution in [0.2, 0.25) is 0 Å². The number of ketones is 1. The van der Waals surface area contributed by atoms with Crippen molar-refractivity contribution in [3.8, 4) is 0 Å². The summed E-state index contributed by atoms with van der Waals surface area (Å²) in [6.07, 6.45) is 7.17. The maximum Gasteiger partial charge on any atom is 0.303 e. The molecule has 0 amide bonds. The molecule has 0 aliphatic carbocycles. The van der Waals surface area contributed by atoms with Gasteiger partial charge in [-0.15, -0.1) is 0 Å². The zero-order valence-corrected chi connectivity index (χ0v) is 14.8. The Hall–Kier alpha value is -0.900. The summed E-state index contributed by atoms with van der Waals surface area (Å²) in [7, 11) is 4.45. The van der Waals surface area contributed by atoms with Gasteiger partial charge in [-0.25, -0.2) is 0 Å². The fourth-order valence-corrected chi connectivity index (χ4v) is 2.20. The van der Waals surface area contributed by atoms with E-state index in [2.05, 4.69) is 14.1 Å². The number of aliphatic carboxylic acids is 1. The van der Waals surface area contributed by atoms with E-state index in [1.165, 1.54) is 0 Å². The number of hydrogen-bond acceptors (Lipinski definition) is 2. The van der Waals surface area contributed by atoms with E-state index in [0.29, 0.717) is 12.8 Å². The first kappa shape index (κ1) is 22.4. The molecule has 1 N–H and O–H groups in total. The predicted molar refractivity (Wildman–Crippen MR) is 88.4 cm³/mol. The Morgan fingerprint density at radius 1 is 0.810 bits per heavy atom. The van der Waals surface area contributed by atoms with Gasteiger partial charge in [0.05, 0.1) is 27.2 Å². The van der Waals surface area contributed by atoms with E-state index < -0.39 is 5.97 Å². The molecule has 126 valence electrons. The minimum absolute atomic E-state index is 0.284. The molecule has 0 aliphatic heterocycles. The Morgan fingerprint density at radius 3 is 1.62 bits per heavy atom. The first-order valence-electron chi connectivity index (χ1n) is 8.37. The average molecular weight is 302 g/mol. The summed E-state index contributed by atoms with van der Waals surface area (Å²) in [5.41, 5.74) is 0. The molecule has 0 aromatic carbocycles. The Morgan fingerprint density at radius 2 is 1.24 bits per heavy atom. The van der Waals surface area contributed by atoms with Crippen LogP contribution in [0.5, 0.6) is 0 Å². The van der Waals surface area contributed by atoms with E-state index in [1.54, 1.807) is 6.92 Å². The van der Waals surface area contributed by atoms with Crippen molar-refractivity contribution in [2.24, 2.45) is 0 Å². The van der Waals surface area contributed by atoms with E-state index in [0.717, 1.165) is 56.1 Å². The number of unbranched alkanes of at least 4 members (excludes halogenated alkanes) is 4. The monoisotopic (exact) mass is 302 g/mol. The van der Waals surface area contributed by atoms with E-state index in [-0.39, 0.29) is 5.78 Å². The largest absolute Gasteiger partial charge is 0.481 e. The van der Waals surface area contributed by atoms with Crippen LogP contribution in [0.25, 0.3) is 0 Å². The third-order valence-corrected chi connectivity index (χ3v) is 3.45. The standard InChI is InChI=1S/C15H29NO3.C2H6/c1-14(17)10-6-4-8-12-16(2,3)13-9-5-7-11-15(18)19;1-2/h4-13H2,1-3H3;1-2H3/p+1. The van der Waals surface area contributed by atoms with Crippen LogP contribution in [-0.2, 0) is 9.59 Å². The van der Waals surface area contributed by atoms with Crippen LogP contribution in [0.3, 0.4) is 0 Å². The maximum atomic E-state index is 10.8. The van der Waals surface area contributed by atoms with Crippen molar-refractivity contribution in [3.05, 3.63) is 0 Å². The summed E-state index contributed by atoms with van der Waals surface area (Å²) in [5.74, 6) is -0.411. The summed E-state index contributed by atoms with van der Waals surface area (Å²) in [6, 6.07) is 0. The summed E-state index contributed by atoms with van der Waals surface area (Å²) < 4.78 is 0.993. The second kappa shape index (κ2) is 14.1. The van der Waals surface area contributed by atoms with Gasteiger partial charge in [-0.2, -0.15) is 0 Å². The first-order chi connectivity index (χ1) is 9.83. The first-order valence-corrected chi connectivity index (χ1v) is 8.37. The highest BCUT2D eigenvalue weighted by molar-refractivity contribution is 5.75. The molecule has 0 aromatic rings. The third-order valence-electron chi connectivity index (χ3n) is 3.45. The van der Waals surface area contributed by atoms with Gasteiger partial charge in [-0.1, -0.05) is 13.8 Å². The van der Waals surface area contributed by atoms with Crippen molar-refractivity contribution in [2.45, 2.75) is 72.1 Å². The van der Waals surface area contributed by atoms with Gasteiger partial charge in [0.15, 0.2) is 0 Å².